The van der Waals surface area contributed by atoms with Gasteiger partial charge in [0.25, 0.3) is 5.91 Å². The maximum atomic E-state index is 13.2. The Balaban J connectivity index is 0.00000129. The van der Waals surface area contributed by atoms with E-state index in [1.165, 1.54) is 4.90 Å². The zero-order valence-corrected chi connectivity index (χ0v) is 20.2. The molecule has 2 atom stereocenters. The van der Waals surface area contributed by atoms with Gasteiger partial charge in [-0.15, -0.1) is 6.58 Å². The van der Waals surface area contributed by atoms with E-state index in [-0.39, 0.29) is 18.2 Å². The van der Waals surface area contributed by atoms with Gasteiger partial charge in [-0.05, 0) is 37.5 Å². The number of allylic oxidation sites excluding steroid dienone is 1. The number of likely N-dealkylation sites (N-methyl/N-ethyl adjacent to an activating group) is 1. The number of benzodiazepines with no additional fused rings is 1. The summed E-state index contributed by atoms with van der Waals surface area (Å²) in [4.78, 5) is 47.8. The van der Waals surface area contributed by atoms with Crippen LogP contribution in [0, 0.1) is 11.8 Å². The Morgan fingerprint density at radius 1 is 1.21 bits per heavy atom. The summed E-state index contributed by atoms with van der Waals surface area (Å²) in [6, 6.07) is 11.0. The fraction of sp³-hybridized carbons (Fsp3) is 0.346. The minimum Gasteiger partial charge on any atom is -0.370 e. The number of nitrogens with two attached hydrogens (primary N) is 1. The third-order valence-corrected chi connectivity index (χ3v) is 5.15. The highest BCUT2D eigenvalue weighted by molar-refractivity contribution is 6.20. The van der Waals surface area contributed by atoms with Gasteiger partial charge in [-0.25, -0.2) is 4.99 Å². The van der Waals surface area contributed by atoms with Crippen molar-refractivity contribution in [2.75, 3.05) is 11.9 Å². The molecule has 180 valence electrons. The number of nitrogens with one attached hydrogen (secondary N) is 1. The Kier molecular flexibility index (Phi) is 9.67. The van der Waals surface area contributed by atoms with Gasteiger partial charge in [0.1, 0.15) is 0 Å². The molecule has 3 amide bonds. The molecule has 0 aliphatic carbocycles. The average molecular weight is 464 g/mol. The summed E-state index contributed by atoms with van der Waals surface area (Å²) in [5, 5.41) is 2.74. The first kappa shape index (κ1) is 26.4. The summed E-state index contributed by atoms with van der Waals surface area (Å²) in [7, 11) is 1.65. The predicted octanol–water partition coefficient (Wildman–Crippen LogP) is 3.07. The van der Waals surface area contributed by atoms with Gasteiger partial charge < -0.3 is 16.0 Å². The Morgan fingerprint density at radius 3 is 2.41 bits per heavy atom. The molecule has 2 heterocycles. The van der Waals surface area contributed by atoms with E-state index < -0.39 is 23.9 Å². The van der Waals surface area contributed by atoms with Crippen molar-refractivity contribution in [3.8, 4) is 0 Å². The summed E-state index contributed by atoms with van der Waals surface area (Å²) in [5.74, 6) is -1.78. The minimum absolute atomic E-state index is 0.0814. The number of nitrogens with zero attached hydrogens (tertiary/aromatic N) is 3. The second kappa shape index (κ2) is 12.4. The van der Waals surface area contributed by atoms with E-state index in [4.69, 9.17) is 5.73 Å². The van der Waals surface area contributed by atoms with E-state index in [9.17, 15) is 14.4 Å². The first-order valence-electron chi connectivity index (χ1n) is 11.2. The highest BCUT2D eigenvalue weighted by Crippen LogP contribution is 2.27. The number of para-hydroxylation sites is 1. The van der Waals surface area contributed by atoms with E-state index in [1.807, 2.05) is 45.0 Å². The second-order valence-corrected chi connectivity index (χ2v) is 8.44. The number of aliphatic imine (C=N–C) groups is 1. The molecule has 1 aliphatic rings. The van der Waals surface area contributed by atoms with Crippen LogP contribution in [0.5, 0.6) is 0 Å². The number of aromatic nitrogens is 1. The summed E-state index contributed by atoms with van der Waals surface area (Å²) < 4.78 is 0. The summed E-state index contributed by atoms with van der Waals surface area (Å²) in [5.41, 5.74) is 8.17. The van der Waals surface area contributed by atoms with Crippen LogP contribution in [-0.4, -0.2) is 41.6 Å². The molecule has 1 aromatic carbocycles. The van der Waals surface area contributed by atoms with Gasteiger partial charge in [-0.2, -0.15) is 0 Å². The first-order chi connectivity index (χ1) is 16.2. The summed E-state index contributed by atoms with van der Waals surface area (Å²) in [6.07, 6.45) is 4.32. The van der Waals surface area contributed by atoms with Crippen molar-refractivity contribution in [2.45, 2.75) is 39.8 Å². The lowest BCUT2D eigenvalue weighted by Crippen LogP contribution is -2.48. The largest absolute Gasteiger partial charge is 0.370 e. The van der Waals surface area contributed by atoms with Crippen LogP contribution >= 0.6 is 0 Å². The molecule has 8 nitrogen and oxygen atoms in total. The van der Waals surface area contributed by atoms with Crippen LogP contribution in [0.3, 0.4) is 0 Å². The number of hydrogen-bond acceptors (Lipinski definition) is 5. The third-order valence-electron chi connectivity index (χ3n) is 5.15. The first-order valence-corrected chi connectivity index (χ1v) is 11.2. The van der Waals surface area contributed by atoms with Crippen molar-refractivity contribution >= 4 is 29.1 Å². The van der Waals surface area contributed by atoms with Gasteiger partial charge in [0, 0.05) is 42.9 Å². The molecule has 3 rings (SSSR count). The molecule has 1 aliphatic heterocycles. The van der Waals surface area contributed by atoms with E-state index in [0.29, 0.717) is 17.8 Å². The Hall–Kier alpha value is -3.81. The van der Waals surface area contributed by atoms with Gasteiger partial charge in [-0.3, -0.25) is 19.4 Å². The van der Waals surface area contributed by atoms with E-state index in [1.54, 1.807) is 37.7 Å². The molecule has 0 fully saturated rings. The Bertz CT molecular complexity index is 1050. The van der Waals surface area contributed by atoms with Crippen LogP contribution in [0.2, 0.25) is 0 Å². The number of hydrogen-bond donors (Lipinski definition) is 2. The van der Waals surface area contributed by atoms with Crippen molar-refractivity contribution in [1.82, 2.24) is 10.3 Å². The van der Waals surface area contributed by atoms with Gasteiger partial charge in [0.15, 0.2) is 0 Å². The van der Waals surface area contributed by atoms with Crippen LogP contribution in [-0.2, 0) is 14.4 Å². The average Bonchev–Trinajstić information content (AvgIpc) is 2.90. The highest BCUT2D eigenvalue weighted by Gasteiger charge is 2.33. The lowest BCUT2D eigenvalue weighted by Gasteiger charge is -2.23. The summed E-state index contributed by atoms with van der Waals surface area (Å²) >= 11 is 0. The number of amides is 3. The number of fused-ring (bicyclic) bond motifs is 1. The molecule has 34 heavy (non-hydrogen) atoms. The topological polar surface area (TPSA) is 118 Å². The van der Waals surface area contributed by atoms with Crippen LogP contribution in [0.4, 0.5) is 5.69 Å². The lowest BCUT2D eigenvalue weighted by atomic mass is 9.93. The molecule has 1 aromatic heterocycles. The smallest absolute Gasteiger partial charge is 0.272 e. The maximum Gasteiger partial charge on any atom is 0.272 e. The van der Waals surface area contributed by atoms with E-state index in [0.717, 1.165) is 11.1 Å². The van der Waals surface area contributed by atoms with E-state index >= 15 is 0 Å². The highest BCUT2D eigenvalue weighted by atomic mass is 16.2. The predicted molar refractivity (Wildman–Crippen MR) is 134 cm³/mol. The van der Waals surface area contributed by atoms with E-state index in [2.05, 4.69) is 21.9 Å². The Morgan fingerprint density at radius 2 is 1.82 bits per heavy atom. The number of carbonyl (C=O) groups excluding carboxylic acids is 3. The monoisotopic (exact) mass is 463 g/mol. The fourth-order valence-corrected chi connectivity index (χ4v) is 3.70. The van der Waals surface area contributed by atoms with Gasteiger partial charge in [0.2, 0.25) is 18.0 Å². The van der Waals surface area contributed by atoms with Gasteiger partial charge in [-0.1, -0.05) is 38.1 Å². The van der Waals surface area contributed by atoms with Crippen molar-refractivity contribution in [2.24, 2.45) is 22.6 Å². The maximum absolute atomic E-state index is 13.2. The standard InChI is InChI=1S/C23H27N5O3.C3H6/c1-14(2)12-16(13-19(24)29)22(30)27-21-23(31)28(3)18-7-5-4-6-17(18)20(26-21)15-8-10-25-11-9-15;1-3-2/h4-11,14,16,21H,12-13H2,1-3H3,(H2,24,29)(H,27,30);3H,1H2,2H3. The molecular formula is C26H33N5O3. The molecule has 2 unspecified atom stereocenters. The molecule has 0 bridgehead atoms. The molecule has 8 heteroatoms. The van der Waals surface area contributed by atoms with Crippen LogP contribution in [0.15, 0.2) is 66.4 Å². The van der Waals surface area contributed by atoms with Crippen LogP contribution in [0.25, 0.3) is 0 Å². The normalized spacial score (nSPS) is 15.8. The second-order valence-electron chi connectivity index (χ2n) is 8.44. The van der Waals surface area contributed by atoms with Crippen molar-refractivity contribution in [1.29, 1.82) is 0 Å². The van der Waals surface area contributed by atoms with Crippen LogP contribution < -0.4 is 16.0 Å². The number of pyridine rings is 1. The molecule has 0 radical (unpaired) electrons. The zero-order chi connectivity index (χ0) is 25.3. The fourth-order valence-electron chi connectivity index (χ4n) is 3.70. The zero-order valence-electron chi connectivity index (χ0n) is 20.2. The number of benzene rings is 1. The van der Waals surface area contributed by atoms with Crippen molar-refractivity contribution in [3.63, 3.8) is 0 Å². The van der Waals surface area contributed by atoms with Gasteiger partial charge in [0.05, 0.1) is 11.4 Å². The minimum atomic E-state index is -1.13. The molecule has 0 saturated heterocycles. The molecule has 3 N–H and O–H groups in total. The molecule has 0 saturated carbocycles. The molecular weight excluding hydrogens is 430 g/mol. The van der Waals surface area contributed by atoms with Crippen LogP contribution in [0.1, 0.15) is 44.7 Å². The van der Waals surface area contributed by atoms with Crippen molar-refractivity contribution < 1.29 is 14.4 Å². The van der Waals surface area contributed by atoms with Gasteiger partial charge >= 0.3 is 0 Å². The Labute approximate surface area is 201 Å². The molecule has 2 aromatic rings. The lowest BCUT2D eigenvalue weighted by molar-refractivity contribution is -0.132. The number of primary amides is 1. The number of carbonyl (C=O) groups is 3. The summed E-state index contributed by atoms with van der Waals surface area (Å²) in [6.45, 7) is 9.17. The SMILES string of the molecule is C=CC.CC(C)CC(CC(N)=O)C(=O)NC1N=C(c2ccncc2)c2ccccc2N(C)C1=O. The quantitative estimate of drug-likeness (QED) is 0.614. The number of anilines is 1. The third kappa shape index (κ3) is 6.84. The van der Waals surface area contributed by atoms with Crippen molar-refractivity contribution in [3.05, 3.63) is 72.6 Å². The molecule has 0 spiro atoms. The number of rotatable bonds is 7.